The molecule has 4 heteroatoms. The molecule has 0 saturated carbocycles. The fraction of sp³-hybridized carbons (Fsp3) is 0.462. The van der Waals surface area contributed by atoms with Crippen LogP contribution in [-0.2, 0) is 4.74 Å². The van der Waals surface area contributed by atoms with Crippen LogP contribution in [0.15, 0.2) is 18.2 Å². The van der Waals surface area contributed by atoms with Crippen LogP contribution in [0.2, 0.25) is 0 Å². The number of nitrogens with two attached hydrogens (primary N) is 1. The SMILES string of the molecule is COC1CCCN(c2ccc(C#N)c(N)c2)C1. The maximum absolute atomic E-state index is 8.84. The summed E-state index contributed by atoms with van der Waals surface area (Å²) >= 11 is 0. The second kappa shape index (κ2) is 5.07. The van der Waals surface area contributed by atoms with Gasteiger partial charge in [0.15, 0.2) is 0 Å². The van der Waals surface area contributed by atoms with E-state index in [4.69, 9.17) is 15.7 Å². The first kappa shape index (κ1) is 11.7. The topological polar surface area (TPSA) is 62.3 Å². The quantitative estimate of drug-likeness (QED) is 0.788. The van der Waals surface area contributed by atoms with Crippen molar-refractivity contribution in [3.63, 3.8) is 0 Å². The number of methoxy groups -OCH3 is 1. The molecule has 0 bridgehead atoms. The normalized spacial score (nSPS) is 20.0. The predicted octanol–water partition coefficient (Wildman–Crippen LogP) is 1.76. The Morgan fingerprint density at radius 2 is 2.35 bits per heavy atom. The Balaban J connectivity index is 2.17. The number of hydrogen-bond donors (Lipinski definition) is 1. The number of ether oxygens (including phenoxy) is 1. The van der Waals surface area contributed by atoms with Gasteiger partial charge < -0.3 is 15.4 Å². The van der Waals surface area contributed by atoms with E-state index < -0.39 is 0 Å². The number of piperidine rings is 1. The van der Waals surface area contributed by atoms with Gasteiger partial charge in [0.2, 0.25) is 0 Å². The van der Waals surface area contributed by atoms with E-state index in [1.807, 2.05) is 12.1 Å². The lowest BCUT2D eigenvalue weighted by Gasteiger charge is -2.33. The molecule has 2 rings (SSSR count). The van der Waals surface area contributed by atoms with E-state index >= 15 is 0 Å². The number of rotatable bonds is 2. The van der Waals surface area contributed by atoms with Crippen LogP contribution in [-0.4, -0.2) is 26.3 Å². The van der Waals surface area contributed by atoms with Crippen molar-refractivity contribution in [2.45, 2.75) is 18.9 Å². The molecule has 90 valence electrons. The van der Waals surface area contributed by atoms with Crippen molar-refractivity contribution >= 4 is 11.4 Å². The molecule has 0 aliphatic carbocycles. The van der Waals surface area contributed by atoms with Crippen LogP contribution >= 0.6 is 0 Å². The minimum atomic E-state index is 0.292. The molecule has 1 unspecified atom stereocenters. The first-order valence-corrected chi connectivity index (χ1v) is 5.82. The van der Waals surface area contributed by atoms with Gasteiger partial charge >= 0.3 is 0 Å². The van der Waals surface area contributed by atoms with Crippen LogP contribution in [0.3, 0.4) is 0 Å². The molecular weight excluding hydrogens is 214 g/mol. The van der Waals surface area contributed by atoms with E-state index in [1.165, 1.54) is 0 Å². The average Bonchev–Trinajstić information content (AvgIpc) is 2.38. The molecule has 1 heterocycles. The molecule has 0 aromatic heterocycles. The van der Waals surface area contributed by atoms with Gasteiger partial charge in [-0.15, -0.1) is 0 Å². The zero-order valence-electron chi connectivity index (χ0n) is 10.0. The number of nitriles is 1. The minimum Gasteiger partial charge on any atom is -0.398 e. The van der Waals surface area contributed by atoms with E-state index in [2.05, 4.69) is 11.0 Å². The lowest BCUT2D eigenvalue weighted by molar-refractivity contribution is 0.0893. The van der Waals surface area contributed by atoms with Crippen molar-refractivity contribution in [2.24, 2.45) is 0 Å². The Bertz CT molecular complexity index is 439. The fourth-order valence-electron chi connectivity index (χ4n) is 2.21. The standard InChI is InChI=1S/C13H17N3O/c1-17-12-3-2-6-16(9-12)11-5-4-10(8-14)13(15)7-11/h4-5,7,12H,2-3,6,9,15H2,1H3. The molecule has 1 atom stereocenters. The molecule has 1 aromatic carbocycles. The molecular formula is C13H17N3O. The highest BCUT2D eigenvalue weighted by Gasteiger charge is 2.19. The summed E-state index contributed by atoms with van der Waals surface area (Å²) in [6.45, 7) is 1.91. The summed E-state index contributed by atoms with van der Waals surface area (Å²) in [7, 11) is 1.75. The summed E-state index contributed by atoms with van der Waals surface area (Å²) in [4.78, 5) is 2.26. The molecule has 17 heavy (non-hydrogen) atoms. The Hall–Kier alpha value is -1.73. The second-order valence-electron chi connectivity index (χ2n) is 4.33. The largest absolute Gasteiger partial charge is 0.398 e. The zero-order chi connectivity index (χ0) is 12.3. The van der Waals surface area contributed by atoms with E-state index in [0.717, 1.165) is 31.6 Å². The first-order valence-electron chi connectivity index (χ1n) is 5.82. The summed E-state index contributed by atoms with van der Waals surface area (Å²) < 4.78 is 5.39. The summed E-state index contributed by atoms with van der Waals surface area (Å²) in [5.41, 5.74) is 7.98. The Morgan fingerprint density at radius 1 is 1.53 bits per heavy atom. The monoisotopic (exact) mass is 231 g/mol. The Kier molecular flexibility index (Phi) is 3.50. The van der Waals surface area contributed by atoms with E-state index in [9.17, 15) is 0 Å². The van der Waals surface area contributed by atoms with Crippen LogP contribution < -0.4 is 10.6 Å². The molecule has 2 N–H and O–H groups in total. The molecule has 0 spiro atoms. The van der Waals surface area contributed by atoms with Gasteiger partial charge in [-0.1, -0.05) is 0 Å². The number of anilines is 2. The molecule has 1 saturated heterocycles. The van der Waals surface area contributed by atoms with Gasteiger partial charge in [0.25, 0.3) is 0 Å². The summed E-state index contributed by atoms with van der Waals surface area (Å²) in [5, 5.41) is 8.84. The van der Waals surface area contributed by atoms with Gasteiger partial charge in [-0.05, 0) is 31.0 Å². The smallest absolute Gasteiger partial charge is 0.101 e. The van der Waals surface area contributed by atoms with Gasteiger partial charge in [-0.2, -0.15) is 5.26 Å². The Morgan fingerprint density at radius 3 is 3.00 bits per heavy atom. The molecule has 1 aromatic rings. The van der Waals surface area contributed by atoms with Gasteiger partial charge in [0.05, 0.1) is 17.4 Å². The van der Waals surface area contributed by atoms with E-state index in [1.54, 1.807) is 13.2 Å². The van der Waals surface area contributed by atoms with Crippen molar-refractivity contribution < 1.29 is 4.74 Å². The van der Waals surface area contributed by atoms with E-state index in [0.29, 0.717) is 17.4 Å². The van der Waals surface area contributed by atoms with Crippen molar-refractivity contribution in [3.8, 4) is 6.07 Å². The fourth-order valence-corrected chi connectivity index (χ4v) is 2.21. The number of hydrogen-bond acceptors (Lipinski definition) is 4. The first-order chi connectivity index (χ1) is 8.24. The molecule has 4 nitrogen and oxygen atoms in total. The number of benzene rings is 1. The molecule has 0 amide bonds. The third-order valence-electron chi connectivity index (χ3n) is 3.23. The number of nitrogens with zero attached hydrogens (tertiary/aromatic N) is 2. The van der Waals surface area contributed by atoms with Gasteiger partial charge in [0, 0.05) is 25.9 Å². The highest BCUT2D eigenvalue weighted by molar-refractivity contribution is 5.63. The lowest BCUT2D eigenvalue weighted by atomic mass is 10.1. The van der Waals surface area contributed by atoms with Crippen LogP contribution in [0, 0.1) is 11.3 Å². The Labute approximate surface area is 102 Å². The summed E-state index contributed by atoms with van der Waals surface area (Å²) in [6, 6.07) is 7.68. The van der Waals surface area contributed by atoms with Crippen LogP contribution in [0.4, 0.5) is 11.4 Å². The average molecular weight is 231 g/mol. The molecule has 1 aliphatic rings. The van der Waals surface area contributed by atoms with Gasteiger partial charge in [-0.25, -0.2) is 0 Å². The molecule has 1 fully saturated rings. The summed E-state index contributed by atoms with van der Waals surface area (Å²) in [5.74, 6) is 0. The molecule has 0 radical (unpaired) electrons. The molecule has 1 aliphatic heterocycles. The second-order valence-corrected chi connectivity index (χ2v) is 4.33. The third kappa shape index (κ3) is 2.51. The lowest BCUT2D eigenvalue weighted by Crippen LogP contribution is -2.39. The van der Waals surface area contributed by atoms with Crippen molar-refractivity contribution in [1.29, 1.82) is 5.26 Å². The maximum atomic E-state index is 8.84. The van der Waals surface area contributed by atoms with Gasteiger partial charge in [0.1, 0.15) is 6.07 Å². The van der Waals surface area contributed by atoms with Crippen LogP contribution in [0.1, 0.15) is 18.4 Å². The zero-order valence-corrected chi connectivity index (χ0v) is 10.0. The third-order valence-corrected chi connectivity index (χ3v) is 3.23. The highest BCUT2D eigenvalue weighted by atomic mass is 16.5. The number of nitrogen functional groups attached to an aromatic ring is 1. The maximum Gasteiger partial charge on any atom is 0.101 e. The minimum absolute atomic E-state index is 0.292. The van der Waals surface area contributed by atoms with Crippen molar-refractivity contribution in [3.05, 3.63) is 23.8 Å². The highest BCUT2D eigenvalue weighted by Crippen LogP contribution is 2.24. The van der Waals surface area contributed by atoms with Crippen LogP contribution in [0.5, 0.6) is 0 Å². The summed E-state index contributed by atoms with van der Waals surface area (Å²) in [6.07, 6.45) is 2.53. The predicted molar refractivity (Wildman–Crippen MR) is 67.8 cm³/mol. The van der Waals surface area contributed by atoms with Gasteiger partial charge in [-0.3, -0.25) is 0 Å². The van der Waals surface area contributed by atoms with Crippen molar-refractivity contribution in [2.75, 3.05) is 30.8 Å². The van der Waals surface area contributed by atoms with Crippen LogP contribution in [0.25, 0.3) is 0 Å². The van der Waals surface area contributed by atoms with Crippen molar-refractivity contribution in [1.82, 2.24) is 0 Å². The van der Waals surface area contributed by atoms with E-state index in [-0.39, 0.29) is 0 Å².